The van der Waals surface area contributed by atoms with E-state index < -0.39 is 0 Å². The molecule has 0 radical (unpaired) electrons. The Labute approximate surface area is 124 Å². The van der Waals surface area contributed by atoms with E-state index in [4.69, 9.17) is 4.74 Å². The number of hydrogen-bond acceptors (Lipinski definition) is 2. The second-order valence-electron chi connectivity index (χ2n) is 6.35. The molecule has 20 heavy (non-hydrogen) atoms. The van der Waals surface area contributed by atoms with Crippen molar-refractivity contribution in [1.82, 2.24) is 4.90 Å². The van der Waals surface area contributed by atoms with Crippen molar-refractivity contribution in [2.75, 3.05) is 27.2 Å². The molecule has 1 aromatic rings. The zero-order valence-corrected chi connectivity index (χ0v) is 13.3. The van der Waals surface area contributed by atoms with Gasteiger partial charge in [0.15, 0.2) is 0 Å². The zero-order valence-electron chi connectivity index (χ0n) is 13.3. The number of rotatable bonds is 9. The second-order valence-corrected chi connectivity index (χ2v) is 6.35. The lowest BCUT2D eigenvalue weighted by Crippen LogP contribution is -2.13. The van der Waals surface area contributed by atoms with E-state index in [9.17, 15) is 0 Å². The van der Waals surface area contributed by atoms with Crippen molar-refractivity contribution in [3.8, 4) is 5.75 Å². The molecule has 2 heteroatoms. The van der Waals surface area contributed by atoms with E-state index in [0.29, 0.717) is 0 Å². The fourth-order valence-electron chi connectivity index (χ4n) is 2.49. The highest BCUT2D eigenvalue weighted by Gasteiger charge is 2.22. The minimum Gasteiger partial charge on any atom is -0.493 e. The first-order valence-electron chi connectivity index (χ1n) is 8.08. The molecule has 0 aliphatic heterocycles. The van der Waals surface area contributed by atoms with Crippen molar-refractivity contribution in [3.05, 3.63) is 29.3 Å². The normalized spacial score (nSPS) is 14.8. The molecule has 2 nitrogen and oxygen atoms in total. The topological polar surface area (TPSA) is 12.5 Å². The molecule has 0 heterocycles. The third-order valence-electron chi connectivity index (χ3n) is 3.89. The van der Waals surface area contributed by atoms with Gasteiger partial charge in [0, 0.05) is 0 Å². The highest BCUT2D eigenvalue weighted by atomic mass is 16.5. The summed E-state index contributed by atoms with van der Waals surface area (Å²) in [4.78, 5) is 2.25. The first-order chi connectivity index (χ1) is 9.69. The Morgan fingerprint density at radius 3 is 2.65 bits per heavy atom. The molecule has 0 unspecified atom stereocenters. The fraction of sp³-hybridized carbons (Fsp3) is 0.667. The molecule has 0 N–H and O–H groups in total. The van der Waals surface area contributed by atoms with E-state index in [1.807, 2.05) is 0 Å². The number of hydrogen-bond donors (Lipinski definition) is 0. The van der Waals surface area contributed by atoms with Gasteiger partial charge in [0.25, 0.3) is 0 Å². The van der Waals surface area contributed by atoms with Crippen LogP contribution in [0.15, 0.2) is 18.2 Å². The maximum Gasteiger partial charge on any atom is 0.122 e. The molecule has 112 valence electrons. The molecule has 1 fully saturated rings. The molecule has 1 aromatic carbocycles. The second kappa shape index (κ2) is 7.68. The summed E-state index contributed by atoms with van der Waals surface area (Å²) in [6.45, 7) is 4.29. The Balaban J connectivity index is 1.98. The van der Waals surface area contributed by atoms with E-state index in [-0.39, 0.29) is 0 Å². The van der Waals surface area contributed by atoms with Crippen molar-refractivity contribution < 1.29 is 4.74 Å². The van der Waals surface area contributed by atoms with Crippen molar-refractivity contribution in [2.45, 2.75) is 45.4 Å². The van der Waals surface area contributed by atoms with Crippen LogP contribution < -0.4 is 4.74 Å². The Kier molecular flexibility index (Phi) is 5.90. The predicted octanol–water partition coefficient (Wildman–Crippen LogP) is 3.92. The Bertz CT molecular complexity index is 410. The predicted molar refractivity (Wildman–Crippen MR) is 85.5 cm³/mol. The maximum absolute atomic E-state index is 6.04. The SMILES string of the molecule is CCCc1ccc(OCC2CC2)c(CCCN(C)C)c1. The third-order valence-corrected chi connectivity index (χ3v) is 3.89. The Hall–Kier alpha value is -1.02. The van der Waals surface area contributed by atoms with Crippen LogP contribution in [-0.4, -0.2) is 32.1 Å². The zero-order chi connectivity index (χ0) is 14.4. The van der Waals surface area contributed by atoms with Crippen molar-refractivity contribution >= 4 is 0 Å². The van der Waals surface area contributed by atoms with Gasteiger partial charge in [-0.25, -0.2) is 0 Å². The van der Waals surface area contributed by atoms with Gasteiger partial charge in [0.05, 0.1) is 6.61 Å². The smallest absolute Gasteiger partial charge is 0.122 e. The number of nitrogens with zero attached hydrogens (tertiary/aromatic N) is 1. The lowest BCUT2D eigenvalue weighted by Gasteiger charge is -2.14. The molecule has 1 aliphatic carbocycles. The monoisotopic (exact) mass is 275 g/mol. The van der Waals surface area contributed by atoms with Crippen LogP contribution in [0.3, 0.4) is 0 Å². The van der Waals surface area contributed by atoms with Gasteiger partial charge < -0.3 is 9.64 Å². The molecular formula is C18H29NO. The molecule has 0 atom stereocenters. The average Bonchev–Trinajstić information content (AvgIpc) is 3.22. The molecule has 0 saturated heterocycles. The quantitative estimate of drug-likeness (QED) is 0.677. The van der Waals surface area contributed by atoms with E-state index in [2.05, 4.69) is 44.1 Å². The largest absolute Gasteiger partial charge is 0.493 e. The summed E-state index contributed by atoms with van der Waals surface area (Å²) in [5, 5.41) is 0. The first-order valence-corrected chi connectivity index (χ1v) is 8.08. The molecule has 0 bridgehead atoms. The molecule has 1 saturated carbocycles. The van der Waals surface area contributed by atoms with Crippen LogP contribution >= 0.6 is 0 Å². The van der Waals surface area contributed by atoms with Gasteiger partial charge in [-0.3, -0.25) is 0 Å². The van der Waals surface area contributed by atoms with Crippen LogP contribution in [0.2, 0.25) is 0 Å². The molecule has 0 amide bonds. The average molecular weight is 275 g/mol. The highest BCUT2D eigenvalue weighted by molar-refractivity contribution is 5.37. The van der Waals surface area contributed by atoms with Crippen LogP contribution in [0.4, 0.5) is 0 Å². The van der Waals surface area contributed by atoms with Gasteiger partial charge in [0.1, 0.15) is 5.75 Å². The van der Waals surface area contributed by atoms with Crippen molar-refractivity contribution in [3.63, 3.8) is 0 Å². The summed E-state index contributed by atoms with van der Waals surface area (Å²) < 4.78 is 6.04. The number of ether oxygens (including phenoxy) is 1. The lowest BCUT2D eigenvalue weighted by atomic mass is 10.0. The Morgan fingerprint density at radius 2 is 2.00 bits per heavy atom. The van der Waals surface area contributed by atoms with Gasteiger partial charge >= 0.3 is 0 Å². The summed E-state index contributed by atoms with van der Waals surface area (Å²) in [6.07, 6.45) is 7.40. The first kappa shape index (κ1) is 15.4. The van der Waals surface area contributed by atoms with Gasteiger partial charge in [-0.2, -0.15) is 0 Å². The molecule has 0 aromatic heterocycles. The van der Waals surface area contributed by atoms with Crippen LogP contribution in [-0.2, 0) is 12.8 Å². The minimum absolute atomic E-state index is 0.819. The van der Waals surface area contributed by atoms with Gasteiger partial charge in [-0.15, -0.1) is 0 Å². The number of benzene rings is 1. The van der Waals surface area contributed by atoms with E-state index in [1.165, 1.54) is 43.2 Å². The summed E-state index contributed by atoms with van der Waals surface area (Å²) >= 11 is 0. The molecule has 2 rings (SSSR count). The lowest BCUT2D eigenvalue weighted by molar-refractivity contribution is 0.296. The van der Waals surface area contributed by atoms with E-state index in [0.717, 1.165) is 31.2 Å². The van der Waals surface area contributed by atoms with E-state index in [1.54, 1.807) is 0 Å². The van der Waals surface area contributed by atoms with Crippen LogP contribution in [0, 0.1) is 5.92 Å². The minimum atomic E-state index is 0.819. The van der Waals surface area contributed by atoms with Gasteiger partial charge in [0.2, 0.25) is 0 Å². The summed E-state index contributed by atoms with van der Waals surface area (Å²) in [6, 6.07) is 6.79. The summed E-state index contributed by atoms with van der Waals surface area (Å²) in [5.41, 5.74) is 2.85. The van der Waals surface area contributed by atoms with Crippen LogP contribution in [0.5, 0.6) is 5.75 Å². The molecular weight excluding hydrogens is 246 g/mol. The molecule has 1 aliphatic rings. The summed E-state index contributed by atoms with van der Waals surface area (Å²) in [5.74, 6) is 1.94. The standard InChI is InChI=1S/C18H29NO/c1-4-6-15-10-11-18(20-14-16-8-9-16)17(13-15)7-5-12-19(2)3/h10-11,13,16H,4-9,12,14H2,1-3H3. The third kappa shape index (κ3) is 5.16. The fourth-order valence-corrected chi connectivity index (χ4v) is 2.49. The highest BCUT2D eigenvalue weighted by Crippen LogP contribution is 2.31. The maximum atomic E-state index is 6.04. The van der Waals surface area contributed by atoms with E-state index >= 15 is 0 Å². The number of aryl methyl sites for hydroxylation is 2. The summed E-state index contributed by atoms with van der Waals surface area (Å²) in [7, 11) is 4.27. The molecule has 0 spiro atoms. The Morgan fingerprint density at radius 1 is 1.20 bits per heavy atom. The van der Waals surface area contributed by atoms with Gasteiger partial charge in [-0.1, -0.05) is 25.5 Å². The van der Waals surface area contributed by atoms with Crippen LogP contribution in [0.1, 0.15) is 43.7 Å². The van der Waals surface area contributed by atoms with Crippen molar-refractivity contribution in [2.24, 2.45) is 5.92 Å². The van der Waals surface area contributed by atoms with Crippen LogP contribution in [0.25, 0.3) is 0 Å². The van der Waals surface area contributed by atoms with Crippen molar-refractivity contribution in [1.29, 1.82) is 0 Å². The van der Waals surface area contributed by atoms with Gasteiger partial charge in [-0.05, 0) is 75.9 Å².